The molecule has 0 aromatic carbocycles. The molecule has 90 valence electrons. The van der Waals surface area contributed by atoms with E-state index >= 15 is 0 Å². The van der Waals surface area contributed by atoms with Gasteiger partial charge in [0.2, 0.25) is 5.88 Å². The van der Waals surface area contributed by atoms with E-state index in [1.165, 1.54) is 0 Å². The first-order chi connectivity index (χ1) is 7.16. The van der Waals surface area contributed by atoms with Gasteiger partial charge in [-0.05, 0) is 0 Å². The Bertz CT molecular complexity index is 393. The van der Waals surface area contributed by atoms with Crippen LogP contribution in [-0.4, -0.2) is 19.1 Å². The van der Waals surface area contributed by atoms with Gasteiger partial charge in [-0.2, -0.15) is 13.2 Å². The van der Waals surface area contributed by atoms with Crippen LogP contribution in [0.1, 0.15) is 5.56 Å². The second kappa shape index (κ2) is 5.91. The molecule has 1 aromatic rings. The van der Waals surface area contributed by atoms with Crippen molar-refractivity contribution in [2.24, 2.45) is 0 Å². The SMILES string of the molecule is COc1ncc([B-](F)(F)F)cc1C(F)(F)F.[K+]. The van der Waals surface area contributed by atoms with Crippen LogP contribution in [0.5, 0.6) is 5.88 Å². The fourth-order valence-electron chi connectivity index (χ4n) is 1.01. The van der Waals surface area contributed by atoms with E-state index < -0.39 is 30.1 Å². The van der Waals surface area contributed by atoms with Gasteiger partial charge in [0.25, 0.3) is 0 Å². The second-order valence-electron chi connectivity index (χ2n) is 2.90. The smallest absolute Gasteiger partial charge is 0.481 e. The van der Waals surface area contributed by atoms with Crippen molar-refractivity contribution in [3.8, 4) is 5.88 Å². The number of ether oxygens (including phenoxy) is 1. The van der Waals surface area contributed by atoms with Crippen molar-refractivity contribution >= 4 is 12.4 Å². The van der Waals surface area contributed by atoms with Crippen molar-refractivity contribution < 1.29 is 82.2 Å². The zero-order valence-electron chi connectivity index (χ0n) is 8.86. The Morgan fingerprint density at radius 2 is 1.76 bits per heavy atom. The summed E-state index contributed by atoms with van der Waals surface area (Å²) in [5, 5.41) is 0. The Balaban J connectivity index is 0.00000256. The van der Waals surface area contributed by atoms with Crippen LogP contribution in [0.15, 0.2) is 12.3 Å². The molecule has 0 unspecified atom stereocenters. The normalized spacial score (nSPS) is 11.9. The molecule has 0 N–H and O–H groups in total. The first-order valence-corrected chi connectivity index (χ1v) is 3.97. The minimum atomic E-state index is -5.52. The zero-order valence-corrected chi connectivity index (χ0v) is 12.0. The molecule has 1 aromatic heterocycles. The van der Waals surface area contributed by atoms with Gasteiger partial charge >= 0.3 is 64.5 Å². The van der Waals surface area contributed by atoms with Crippen molar-refractivity contribution in [3.05, 3.63) is 17.8 Å². The summed E-state index contributed by atoms with van der Waals surface area (Å²) in [4.78, 5) is 2.98. The predicted molar refractivity (Wildman–Crippen MR) is 44.5 cm³/mol. The number of aromatic nitrogens is 1. The topological polar surface area (TPSA) is 22.1 Å². The van der Waals surface area contributed by atoms with Gasteiger partial charge in [-0.15, -0.1) is 0 Å². The standard InChI is InChI=1S/C7H5BF6NO.K/c1-16-6-5(7(9,10)11)2-4(3-15-6)8(12,13)14;/h2-3H,1H3;/q-1;+1. The summed E-state index contributed by atoms with van der Waals surface area (Å²) in [6, 6.07) is -0.00810. The largest absolute Gasteiger partial charge is 1.00 e. The fourth-order valence-corrected chi connectivity index (χ4v) is 1.01. The van der Waals surface area contributed by atoms with Crippen LogP contribution < -0.4 is 61.6 Å². The average Bonchev–Trinajstić information content (AvgIpc) is 2.14. The van der Waals surface area contributed by atoms with Crippen LogP contribution >= 0.6 is 0 Å². The first-order valence-electron chi connectivity index (χ1n) is 3.97. The third kappa shape index (κ3) is 4.43. The Morgan fingerprint density at radius 1 is 1.24 bits per heavy atom. The molecule has 0 atom stereocenters. The molecule has 0 fully saturated rings. The van der Waals surface area contributed by atoms with Crippen LogP contribution in [0, 0.1) is 0 Å². The summed E-state index contributed by atoms with van der Waals surface area (Å²) in [7, 11) is 0.899. The van der Waals surface area contributed by atoms with E-state index in [0.29, 0.717) is 6.20 Å². The molecule has 0 saturated carbocycles. The minimum absolute atomic E-state index is 0. The van der Waals surface area contributed by atoms with E-state index in [0.717, 1.165) is 7.11 Å². The Kier molecular flexibility index (Phi) is 6.00. The van der Waals surface area contributed by atoms with Gasteiger partial charge in [0, 0.05) is 6.20 Å². The molecule has 17 heavy (non-hydrogen) atoms. The number of pyridine rings is 1. The van der Waals surface area contributed by atoms with E-state index in [9.17, 15) is 26.1 Å². The molecule has 1 heterocycles. The monoisotopic (exact) mass is 283 g/mol. The van der Waals surface area contributed by atoms with Gasteiger partial charge in [-0.3, -0.25) is 0 Å². The van der Waals surface area contributed by atoms with E-state index in [1.807, 2.05) is 0 Å². The number of hydrogen-bond acceptors (Lipinski definition) is 2. The van der Waals surface area contributed by atoms with Crippen LogP contribution in [0.2, 0.25) is 0 Å². The van der Waals surface area contributed by atoms with Gasteiger partial charge in [0.1, 0.15) is 5.56 Å². The van der Waals surface area contributed by atoms with E-state index in [4.69, 9.17) is 0 Å². The summed E-state index contributed by atoms with van der Waals surface area (Å²) in [5.41, 5.74) is -2.94. The molecule has 2 nitrogen and oxygen atoms in total. The van der Waals surface area contributed by atoms with Gasteiger partial charge in [0.05, 0.1) is 7.11 Å². The number of hydrogen-bond donors (Lipinski definition) is 0. The van der Waals surface area contributed by atoms with Crippen molar-refractivity contribution in [2.75, 3.05) is 7.11 Å². The van der Waals surface area contributed by atoms with Crippen LogP contribution in [0.25, 0.3) is 0 Å². The maximum absolute atomic E-state index is 12.3. The predicted octanol–water partition coefficient (Wildman–Crippen LogP) is -0.833. The molecule has 0 amide bonds. The molecule has 0 aliphatic rings. The zero-order chi connectivity index (χ0) is 12.6. The molecular formula is C7H5BF6KNO. The number of halogens is 6. The average molecular weight is 283 g/mol. The van der Waals surface area contributed by atoms with Gasteiger partial charge in [-0.1, -0.05) is 11.5 Å². The fraction of sp³-hybridized carbons (Fsp3) is 0.286. The molecule has 0 spiro atoms. The third-order valence-electron chi connectivity index (χ3n) is 1.75. The van der Waals surface area contributed by atoms with Crippen LogP contribution in [0.3, 0.4) is 0 Å². The summed E-state index contributed by atoms with van der Waals surface area (Å²) in [6.45, 7) is -5.52. The minimum Gasteiger partial charge on any atom is -0.481 e. The van der Waals surface area contributed by atoms with Crippen molar-refractivity contribution in [1.82, 2.24) is 4.98 Å². The molecule has 0 radical (unpaired) electrons. The first kappa shape index (κ1) is 17.2. The molecule has 0 bridgehead atoms. The number of alkyl halides is 3. The summed E-state index contributed by atoms with van der Waals surface area (Å²) in [6.07, 6.45) is -4.62. The van der Waals surface area contributed by atoms with Gasteiger partial charge < -0.3 is 17.7 Å². The molecule has 1 rings (SSSR count). The maximum atomic E-state index is 12.3. The maximum Gasteiger partial charge on any atom is 1.00 e. The summed E-state index contributed by atoms with van der Waals surface area (Å²) in [5.74, 6) is -0.878. The Labute approximate surface area is 135 Å². The molecule has 0 saturated heterocycles. The van der Waals surface area contributed by atoms with Gasteiger partial charge in [-0.25, -0.2) is 4.98 Å². The van der Waals surface area contributed by atoms with E-state index in [2.05, 4.69) is 9.72 Å². The Hall–Kier alpha value is 0.231. The second-order valence-corrected chi connectivity index (χ2v) is 2.90. The summed E-state index contributed by atoms with van der Waals surface area (Å²) >= 11 is 0. The molecular weight excluding hydrogens is 278 g/mol. The molecule has 10 heteroatoms. The number of rotatable bonds is 2. The van der Waals surface area contributed by atoms with Crippen molar-refractivity contribution in [2.45, 2.75) is 6.18 Å². The van der Waals surface area contributed by atoms with Gasteiger partial charge in [0.15, 0.2) is 0 Å². The summed E-state index contributed by atoms with van der Waals surface area (Å²) < 4.78 is 77.8. The van der Waals surface area contributed by atoms with Crippen molar-refractivity contribution in [3.63, 3.8) is 0 Å². The third-order valence-corrected chi connectivity index (χ3v) is 1.75. The van der Waals surface area contributed by atoms with E-state index in [1.54, 1.807) is 0 Å². The quantitative estimate of drug-likeness (QED) is 0.522. The van der Waals surface area contributed by atoms with E-state index in [-0.39, 0.29) is 57.5 Å². The molecule has 0 aliphatic heterocycles. The van der Waals surface area contributed by atoms with Crippen molar-refractivity contribution in [1.29, 1.82) is 0 Å². The van der Waals surface area contributed by atoms with Crippen LogP contribution in [-0.2, 0) is 6.18 Å². The number of methoxy groups -OCH3 is 1. The Morgan fingerprint density at radius 3 is 2.12 bits per heavy atom. The number of nitrogens with zero attached hydrogens (tertiary/aromatic N) is 1. The molecule has 0 aliphatic carbocycles. The van der Waals surface area contributed by atoms with Crippen LogP contribution in [0.4, 0.5) is 26.1 Å².